The van der Waals surface area contributed by atoms with Crippen LogP contribution in [0, 0.1) is 17.8 Å². The van der Waals surface area contributed by atoms with Crippen molar-refractivity contribution in [2.24, 2.45) is 5.41 Å². The number of ether oxygens (including phenoxy) is 1. The molecule has 4 rings (SSSR count). The lowest BCUT2D eigenvalue weighted by molar-refractivity contribution is -0.159. The molecule has 2 aliphatic rings. The predicted octanol–water partition coefficient (Wildman–Crippen LogP) is 4.02. The highest BCUT2D eigenvalue weighted by molar-refractivity contribution is 5.90. The molecule has 1 heterocycles. The Morgan fingerprint density at radius 1 is 1.14 bits per heavy atom. The van der Waals surface area contributed by atoms with Gasteiger partial charge in [0.1, 0.15) is 18.7 Å². The van der Waals surface area contributed by atoms with E-state index >= 15 is 0 Å². The second kappa shape index (κ2) is 9.83. The number of carbonyl (C=O) groups is 3. The fourth-order valence-electron chi connectivity index (χ4n) is 5.40. The van der Waals surface area contributed by atoms with Gasteiger partial charge in [0.2, 0.25) is 5.91 Å². The highest BCUT2D eigenvalue weighted by Gasteiger charge is 2.46. The van der Waals surface area contributed by atoms with Gasteiger partial charge in [-0.2, -0.15) is 0 Å². The minimum atomic E-state index is -1.07. The molecule has 0 saturated carbocycles. The van der Waals surface area contributed by atoms with E-state index in [0.717, 1.165) is 22.3 Å². The molecule has 1 aliphatic heterocycles. The van der Waals surface area contributed by atoms with Crippen LogP contribution < -0.4 is 5.32 Å². The largest absolute Gasteiger partial charge is 0.480 e. The molecule has 2 N–H and O–H groups in total. The Labute approximate surface area is 205 Å². The van der Waals surface area contributed by atoms with Crippen molar-refractivity contribution in [1.29, 1.82) is 0 Å². The van der Waals surface area contributed by atoms with Crippen molar-refractivity contribution in [2.45, 2.75) is 51.1 Å². The van der Waals surface area contributed by atoms with E-state index in [4.69, 9.17) is 11.2 Å². The fraction of sp³-hybridized carbons (Fsp3) is 0.393. The molecule has 2 aromatic rings. The molecule has 1 aliphatic carbocycles. The normalized spacial score (nSPS) is 19.1. The van der Waals surface area contributed by atoms with Gasteiger partial charge in [-0.15, -0.1) is 12.3 Å². The number of nitrogens with zero attached hydrogens (tertiary/aromatic N) is 1. The minimum absolute atomic E-state index is 0.0632. The van der Waals surface area contributed by atoms with Gasteiger partial charge in [0.25, 0.3) is 0 Å². The minimum Gasteiger partial charge on any atom is -0.480 e. The Kier molecular flexibility index (Phi) is 6.83. The lowest BCUT2D eigenvalue weighted by Crippen LogP contribution is -2.60. The Hall–Kier alpha value is -3.79. The standard InChI is InChI=1S/C28H30N2O5/c1-4-10-23(25(31)30-16-9-15-28(2,3)24(30)26(32)33)29-27(34)35-17-22-20-13-7-5-11-18(20)19-12-6-8-14-21(19)22/h1,5-8,11-14,22-24H,9-10,15-17H2,2-3H3,(H,29,34)(H,32,33). The van der Waals surface area contributed by atoms with E-state index < -0.39 is 35.5 Å². The molecule has 2 aromatic carbocycles. The van der Waals surface area contributed by atoms with Crippen LogP contribution in [0.15, 0.2) is 48.5 Å². The number of alkyl carbamates (subject to hydrolysis) is 1. The summed E-state index contributed by atoms with van der Waals surface area (Å²) in [6.07, 6.45) is 6.01. The number of rotatable bonds is 6. The van der Waals surface area contributed by atoms with E-state index in [2.05, 4.69) is 23.4 Å². The first-order chi connectivity index (χ1) is 16.7. The molecule has 1 fully saturated rings. The average Bonchev–Trinajstić information content (AvgIpc) is 3.14. The quantitative estimate of drug-likeness (QED) is 0.617. The molecule has 35 heavy (non-hydrogen) atoms. The molecule has 7 heteroatoms. The van der Waals surface area contributed by atoms with Gasteiger partial charge in [0.05, 0.1) is 0 Å². The Morgan fingerprint density at radius 2 is 1.74 bits per heavy atom. The second-order valence-electron chi connectivity index (χ2n) is 9.80. The monoisotopic (exact) mass is 474 g/mol. The van der Waals surface area contributed by atoms with Gasteiger partial charge in [-0.25, -0.2) is 9.59 Å². The van der Waals surface area contributed by atoms with E-state index in [-0.39, 0.29) is 18.9 Å². The third-order valence-electron chi connectivity index (χ3n) is 7.04. The summed E-state index contributed by atoms with van der Waals surface area (Å²) in [6.45, 7) is 4.07. The topological polar surface area (TPSA) is 95.9 Å². The van der Waals surface area contributed by atoms with Crippen molar-refractivity contribution < 1.29 is 24.2 Å². The first-order valence-corrected chi connectivity index (χ1v) is 11.8. The van der Waals surface area contributed by atoms with Gasteiger partial charge in [-0.3, -0.25) is 4.79 Å². The van der Waals surface area contributed by atoms with Crippen molar-refractivity contribution in [3.63, 3.8) is 0 Å². The van der Waals surface area contributed by atoms with Crippen LogP contribution in [0.1, 0.15) is 50.2 Å². The van der Waals surface area contributed by atoms with Gasteiger partial charge in [-0.05, 0) is 40.5 Å². The van der Waals surface area contributed by atoms with Gasteiger partial charge in [0, 0.05) is 18.9 Å². The third-order valence-corrected chi connectivity index (χ3v) is 7.04. The molecular formula is C28H30N2O5. The molecule has 0 spiro atoms. The van der Waals surface area contributed by atoms with Crippen molar-refractivity contribution >= 4 is 18.0 Å². The fourth-order valence-corrected chi connectivity index (χ4v) is 5.40. The first-order valence-electron chi connectivity index (χ1n) is 11.8. The molecular weight excluding hydrogens is 444 g/mol. The molecule has 1 saturated heterocycles. The van der Waals surface area contributed by atoms with Crippen LogP contribution in [0.4, 0.5) is 4.79 Å². The number of terminal acetylenes is 1. The summed E-state index contributed by atoms with van der Waals surface area (Å²) >= 11 is 0. The van der Waals surface area contributed by atoms with E-state index in [1.54, 1.807) is 0 Å². The summed E-state index contributed by atoms with van der Waals surface area (Å²) in [5, 5.41) is 12.4. The number of amides is 2. The molecule has 2 atom stereocenters. The van der Waals surface area contributed by atoms with Crippen molar-refractivity contribution in [1.82, 2.24) is 10.2 Å². The molecule has 182 valence electrons. The zero-order valence-electron chi connectivity index (χ0n) is 20.0. The van der Waals surface area contributed by atoms with E-state index in [9.17, 15) is 19.5 Å². The van der Waals surface area contributed by atoms with Crippen LogP contribution in [0.5, 0.6) is 0 Å². The van der Waals surface area contributed by atoms with Gasteiger partial charge in [-0.1, -0.05) is 62.4 Å². The molecule has 2 amide bonds. The molecule has 7 nitrogen and oxygen atoms in total. The summed E-state index contributed by atoms with van der Waals surface area (Å²) in [7, 11) is 0. The predicted molar refractivity (Wildman–Crippen MR) is 132 cm³/mol. The van der Waals surface area contributed by atoms with Gasteiger partial charge in [0.15, 0.2) is 0 Å². The lowest BCUT2D eigenvalue weighted by Gasteiger charge is -2.44. The second-order valence-corrected chi connectivity index (χ2v) is 9.80. The number of hydrogen-bond donors (Lipinski definition) is 2. The average molecular weight is 475 g/mol. The van der Waals surface area contributed by atoms with E-state index in [1.807, 2.05) is 50.2 Å². The number of carboxylic acid groups (broad SMARTS) is 1. The zero-order chi connectivity index (χ0) is 25.2. The van der Waals surface area contributed by atoms with Crippen molar-refractivity contribution in [3.05, 3.63) is 59.7 Å². The molecule has 0 bridgehead atoms. The Balaban J connectivity index is 1.46. The Morgan fingerprint density at radius 3 is 2.31 bits per heavy atom. The van der Waals surface area contributed by atoms with E-state index in [1.165, 1.54) is 4.90 Å². The van der Waals surface area contributed by atoms with Gasteiger partial charge >= 0.3 is 12.1 Å². The number of carboxylic acids is 1. The summed E-state index contributed by atoms with van der Waals surface area (Å²) in [4.78, 5) is 39.4. The van der Waals surface area contributed by atoms with E-state index in [0.29, 0.717) is 19.4 Å². The van der Waals surface area contributed by atoms with Gasteiger partial charge < -0.3 is 20.1 Å². The summed E-state index contributed by atoms with van der Waals surface area (Å²) in [5.41, 5.74) is 3.80. The molecule has 0 aromatic heterocycles. The maximum absolute atomic E-state index is 13.3. The lowest BCUT2D eigenvalue weighted by atomic mass is 9.76. The number of hydrogen-bond acceptors (Lipinski definition) is 4. The summed E-state index contributed by atoms with van der Waals surface area (Å²) < 4.78 is 5.56. The smallest absolute Gasteiger partial charge is 0.407 e. The van der Waals surface area contributed by atoms with Crippen LogP contribution in [0.25, 0.3) is 11.1 Å². The van der Waals surface area contributed by atoms with Crippen molar-refractivity contribution in [3.8, 4) is 23.5 Å². The van der Waals surface area contributed by atoms with Crippen molar-refractivity contribution in [2.75, 3.05) is 13.2 Å². The molecule has 2 unspecified atom stereocenters. The number of carbonyl (C=O) groups excluding carboxylic acids is 2. The molecule has 0 radical (unpaired) electrons. The maximum atomic E-state index is 13.3. The van der Waals surface area contributed by atoms with Crippen LogP contribution in [-0.2, 0) is 14.3 Å². The van der Waals surface area contributed by atoms with Crippen LogP contribution in [-0.4, -0.2) is 53.2 Å². The van der Waals surface area contributed by atoms with Crippen LogP contribution in [0.2, 0.25) is 0 Å². The van der Waals surface area contributed by atoms with Crippen LogP contribution in [0.3, 0.4) is 0 Å². The third kappa shape index (κ3) is 4.74. The number of likely N-dealkylation sites (tertiary alicyclic amines) is 1. The number of nitrogens with one attached hydrogen (secondary N) is 1. The Bertz CT molecular complexity index is 1140. The number of aliphatic carboxylic acids is 1. The first kappa shape index (κ1) is 24.3. The SMILES string of the molecule is C#CCC(NC(=O)OCC1c2ccccc2-c2ccccc21)C(=O)N1CCCC(C)(C)C1C(=O)O. The summed E-state index contributed by atoms with van der Waals surface area (Å²) in [6, 6.07) is 14.0. The number of fused-ring (bicyclic) bond motifs is 3. The summed E-state index contributed by atoms with van der Waals surface area (Å²) in [5.74, 6) is 0.730. The van der Waals surface area contributed by atoms with Crippen LogP contribution >= 0.6 is 0 Å². The number of piperidine rings is 1. The number of benzene rings is 2. The zero-order valence-corrected chi connectivity index (χ0v) is 20.0. The highest BCUT2D eigenvalue weighted by atomic mass is 16.5. The maximum Gasteiger partial charge on any atom is 0.407 e. The highest BCUT2D eigenvalue weighted by Crippen LogP contribution is 2.44.